The molecule has 2 aromatic rings. The minimum atomic E-state index is -1.14. The summed E-state index contributed by atoms with van der Waals surface area (Å²) < 4.78 is 22.1. The van der Waals surface area contributed by atoms with Crippen molar-refractivity contribution in [1.29, 1.82) is 0 Å². The van der Waals surface area contributed by atoms with Crippen LogP contribution in [0.5, 0.6) is 0 Å². The van der Waals surface area contributed by atoms with Gasteiger partial charge in [0.1, 0.15) is 12.2 Å². The maximum atomic E-state index is 11.4. The molecule has 0 N–H and O–H groups in total. The predicted molar refractivity (Wildman–Crippen MR) is 258 cm³/mol. The molecule has 364 valence electrons. The van der Waals surface area contributed by atoms with E-state index in [1.54, 1.807) is 0 Å². The van der Waals surface area contributed by atoms with Gasteiger partial charge in [0.15, 0.2) is 0 Å². The Bertz CT molecular complexity index is 1320. The third-order valence-electron chi connectivity index (χ3n) is 11.5. The van der Waals surface area contributed by atoms with E-state index >= 15 is 0 Å². The summed E-state index contributed by atoms with van der Waals surface area (Å²) in [6.45, 7) is 7.99. The van der Waals surface area contributed by atoms with Crippen LogP contribution in [-0.4, -0.2) is 97.2 Å². The van der Waals surface area contributed by atoms with Crippen LogP contribution in [0.3, 0.4) is 0 Å². The number of hydrogen-bond donors (Lipinski definition) is 0. The monoisotopic (exact) mass is 1030 g/mol. The Morgan fingerprint density at radius 1 is 0.415 bits per heavy atom. The van der Waals surface area contributed by atoms with Gasteiger partial charge in [0.2, 0.25) is 0 Å². The molecule has 0 aromatic heterocycles. The second-order valence-corrected chi connectivity index (χ2v) is 17.5. The number of carboxylic acids is 2. The summed E-state index contributed by atoms with van der Waals surface area (Å²) in [5.74, 6) is -2.66. The average Bonchev–Trinajstić information content (AvgIpc) is 3.27. The molecular weight excluding hydrogens is 946 g/mol. The van der Waals surface area contributed by atoms with Crippen LogP contribution in [0.2, 0.25) is 0 Å². The van der Waals surface area contributed by atoms with Crippen molar-refractivity contribution in [2.45, 2.75) is 245 Å². The van der Waals surface area contributed by atoms with Gasteiger partial charge < -0.3 is 38.7 Å². The molecule has 0 radical (unpaired) electrons. The smallest absolute Gasteiger partial charge is 0.547 e. The Morgan fingerprint density at radius 2 is 0.677 bits per heavy atom. The van der Waals surface area contributed by atoms with Gasteiger partial charge in [-0.3, -0.25) is 9.59 Å². The van der Waals surface area contributed by atoms with Crippen molar-refractivity contribution in [3.63, 3.8) is 0 Å². The van der Waals surface area contributed by atoms with Crippen LogP contribution in [0.15, 0.2) is 60.7 Å². The number of benzene rings is 2. The average molecular weight is 1030 g/mol. The fourth-order valence-corrected chi connectivity index (χ4v) is 7.84. The van der Waals surface area contributed by atoms with Crippen molar-refractivity contribution in [1.82, 2.24) is 0 Å². The number of ether oxygens (including phenoxy) is 4. The first-order chi connectivity index (χ1) is 31.0. The van der Waals surface area contributed by atoms with Crippen molar-refractivity contribution in [2.24, 2.45) is 0 Å². The van der Waals surface area contributed by atoms with E-state index in [1.807, 2.05) is 60.7 Å². The zero-order chi connectivity index (χ0) is 46.9. The topological polar surface area (TPSA) is 151 Å². The van der Waals surface area contributed by atoms with Gasteiger partial charge in [0.25, 0.3) is 0 Å². The minimum Gasteiger partial charge on any atom is -0.547 e. The van der Waals surface area contributed by atoms with Crippen molar-refractivity contribution in [3.8, 4) is 0 Å². The third kappa shape index (κ3) is 38.5. The van der Waals surface area contributed by atoms with Crippen molar-refractivity contribution in [3.05, 3.63) is 71.8 Å². The molecule has 2 rings (SSSR count). The molecule has 0 amide bonds. The number of carbonyl (C=O) groups excluding carboxylic acids is 4. The third-order valence-corrected chi connectivity index (χ3v) is 11.5. The van der Waals surface area contributed by atoms with Gasteiger partial charge in [-0.05, 0) is 75.3 Å². The Kier molecular flexibility index (Phi) is 42.8. The Labute approximate surface area is 434 Å². The molecule has 65 heavy (non-hydrogen) atoms. The number of carboxylic acid groups (broad SMARTS) is 2. The van der Waals surface area contributed by atoms with Crippen molar-refractivity contribution < 1.29 is 48.3 Å². The standard InChI is InChI=1S/2C27H44O5.Ba/c2*1-3-4-5-6-8-14-19-25(32-23(2)28)20-15-9-7-10-16-21-26(27(29)30)31-22-24-17-12-11-13-18-24;/h2*11-13,17-18,25-26H,3-10,14-16,19-22H2,1-2H3,(H,29,30);/q;;+2/p-2. The molecule has 11 heteroatoms. The Balaban J connectivity index is 0.00000124. The molecule has 10 nitrogen and oxygen atoms in total. The Morgan fingerprint density at radius 3 is 0.938 bits per heavy atom. The van der Waals surface area contributed by atoms with E-state index in [2.05, 4.69) is 13.8 Å². The summed E-state index contributed by atoms with van der Waals surface area (Å²) in [7, 11) is 0. The quantitative estimate of drug-likeness (QED) is 0.0358. The molecule has 4 unspecified atom stereocenters. The maximum Gasteiger partial charge on any atom is 2.00 e. The van der Waals surface area contributed by atoms with Crippen LogP contribution in [0, 0.1) is 0 Å². The molecule has 0 spiro atoms. The zero-order valence-electron chi connectivity index (χ0n) is 41.1. The summed E-state index contributed by atoms with van der Waals surface area (Å²) in [5.41, 5.74) is 1.92. The summed E-state index contributed by atoms with van der Waals surface area (Å²) >= 11 is 0. The molecule has 0 aliphatic carbocycles. The number of carbonyl (C=O) groups is 4. The van der Waals surface area contributed by atoms with Gasteiger partial charge in [-0.1, -0.05) is 190 Å². The van der Waals surface area contributed by atoms with Gasteiger partial charge in [-0.25, -0.2) is 0 Å². The fraction of sp³-hybridized carbons (Fsp3) is 0.704. The number of hydrogen-bond acceptors (Lipinski definition) is 10. The number of unbranched alkanes of at least 4 members (excludes halogenated alkanes) is 18. The van der Waals surface area contributed by atoms with E-state index in [1.165, 1.54) is 78.1 Å². The SMILES string of the molecule is CCCCCCCCC(CCCCCCCC(OCc1ccccc1)C(=O)[O-])OC(C)=O.CCCCCCCCC(CCCCCCCC(OCc1ccccc1)C(=O)[O-])OC(C)=O.[Ba+2]. The Hall–Kier alpha value is -2.19. The van der Waals surface area contributed by atoms with E-state index in [-0.39, 0.29) is 86.2 Å². The predicted octanol–water partition coefficient (Wildman–Crippen LogP) is 11.1. The molecule has 2 aromatic carbocycles. The van der Waals surface area contributed by atoms with E-state index < -0.39 is 24.1 Å². The minimum absolute atomic E-state index is 0. The largest absolute Gasteiger partial charge is 2.00 e. The number of aliphatic carboxylic acids is 2. The van der Waals surface area contributed by atoms with Crippen molar-refractivity contribution in [2.75, 3.05) is 0 Å². The van der Waals surface area contributed by atoms with E-state index in [0.717, 1.165) is 114 Å². The number of rotatable bonds is 40. The molecule has 0 aliphatic rings. The van der Waals surface area contributed by atoms with Gasteiger partial charge in [-0.2, -0.15) is 0 Å². The first kappa shape index (κ1) is 62.8. The molecule has 4 atom stereocenters. The summed E-state index contributed by atoms with van der Waals surface area (Å²) in [6, 6.07) is 19.1. The van der Waals surface area contributed by atoms with Crippen LogP contribution in [-0.2, 0) is 51.3 Å². The van der Waals surface area contributed by atoms with Crippen LogP contribution in [0.4, 0.5) is 0 Å². The molecule has 0 bridgehead atoms. The molecule has 0 saturated heterocycles. The molecule has 0 heterocycles. The van der Waals surface area contributed by atoms with E-state index in [9.17, 15) is 29.4 Å². The van der Waals surface area contributed by atoms with Crippen LogP contribution in [0.1, 0.15) is 219 Å². The zero-order valence-corrected chi connectivity index (χ0v) is 45.5. The second kappa shape index (κ2) is 44.3. The summed E-state index contributed by atoms with van der Waals surface area (Å²) in [6.07, 6.45) is 27.8. The molecule has 0 fully saturated rings. The molecule has 0 saturated carbocycles. The summed E-state index contributed by atoms with van der Waals surface area (Å²) in [4.78, 5) is 45.4. The van der Waals surface area contributed by atoms with Crippen molar-refractivity contribution >= 4 is 72.8 Å². The molecule has 0 aliphatic heterocycles. The second-order valence-electron chi connectivity index (χ2n) is 17.5. The van der Waals surface area contributed by atoms with E-state index in [0.29, 0.717) is 12.8 Å². The number of esters is 2. The summed E-state index contributed by atoms with van der Waals surface area (Å²) in [5, 5.41) is 22.7. The molecular formula is C54H86BaO10. The first-order valence-corrected chi connectivity index (χ1v) is 25.1. The van der Waals surface area contributed by atoms with Gasteiger partial charge in [0, 0.05) is 13.8 Å². The fourth-order valence-electron chi connectivity index (χ4n) is 7.84. The normalized spacial score (nSPS) is 12.7. The van der Waals surface area contributed by atoms with Crippen LogP contribution in [0.25, 0.3) is 0 Å². The van der Waals surface area contributed by atoms with Crippen LogP contribution >= 0.6 is 0 Å². The maximum absolute atomic E-state index is 11.4. The van der Waals surface area contributed by atoms with Gasteiger partial charge in [0.05, 0.1) is 37.4 Å². The van der Waals surface area contributed by atoms with E-state index in [4.69, 9.17) is 18.9 Å². The van der Waals surface area contributed by atoms with Gasteiger partial charge >= 0.3 is 60.8 Å². The first-order valence-electron chi connectivity index (χ1n) is 25.1. The van der Waals surface area contributed by atoms with Crippen LogP contribution < -0.4 is 10.2 Å². The van der Waals surface area contributed by atoms with Gasteiger partial charge in [-0.15, -0.1) is 0 Å².